The summed E-state index contributed by atoms with van der Waals surface area (Å²) in [5, 5.41) is 19.8. The zero-order valence-corrected chi connectivity index (χ0v) is 17.8. The molecule has 2 heterocycles. The number of hydrogen-bond acceptors (Lipinski definition) is 7. The zero-order valence-electron chi connectivity index (χ0n) is 16.2. The summed E-state index contributed by atoms with van der Waals surface area (Å²) in [6.45, 7) is -0.00156. The third-order valence-corrected chi connectivity index (χ3v) is 5.93. The summed E-state index contributed by atoms with van der Waals surface area (Å²) in [5.41, 5.74) is 1.39. The first kappa shape index (κ1) is 21.4. The molecule has 0 bridgehead atoms. The molecule has 0 N–H and O–H groups in total. The summed E-state index contributed by atoms with van der Waals surface area (Å²) in [4.78, 5) is 37.4. The fourth-order valence-electron chi connectivity index (χ4n) is 3.12. The molecule has 1 aliphatic heterocycles. The van der Waals surface area contributed by atoms with Crippen LogP contribution < -0.4 is 5.11 Å². The fraction of sp³-hybridized carbons (Fsp3) is 0.0435. The molecule has 1 aliphatic rings. The minimum absolute atomic E-state index is 0.00156. The molecule has 2 aromatic carbocycles. The van der Waals surface area contributed by atoms with Crippen molar-refractivity contribution in [1.82, 2.24) is 4.90 Å². The van der Waals surface area contributed by atoms with Gasteiger partial charge in [0.25, 0.3) is 11.1 Å². The number of nitrogens with zero attached hydrogens (tertiary/aromatic N) is 2. The second-order valence-electron chi connectivity index (χ2n) is 6.72. The highest BCUT2D eigenvalue weighted by atomic mass is 35.5. The number of benzene rings is 2. The first-order chi connectivity index (χ1) is 15.4. The number of hydrogen-bond donors (Lipinski definition) is 0. The highest BCUT2D eigenvalue weighted by Gasteiger charge is 2.35. The van der Waals surface area contributed by atoms with Gasteiger partial charge < -0.3 is 14.3 Å². The van der Waals surface area contributed by atoms with Gasteiger partial charge in [-0.3, -0.25) is 14.5 Å². The number of aromatic carboxylic acids is 1. The SMILES string of the molecule is N#Cc1ccccc1CN1C(=O)S/C(=C/c2ccc(-c3ccc(C(=O)[O-])c(Cl)c3)o2)C1=O. The van der Waals surface area contributed by atoms with Crippen LogP contribution in [-0.2, 0) is 11.3 Å². The van der Waals surface area contributed by atoms with E-state index in [-0.39, 0.29) is 22.0 Å². The molecule has 158 valence electrons. The number of furan rings is 1. The van der Waals surface area contributed by atoms with Gasteiger partial charge in [-0.15, -0.1) is 0 Å². The number of carbonyl (C=O) groups excluding carboxylic acids is 3. The Morgan fingerprint density at radius 3 is 2.69 bits per heavy atom. The van der Waals surface area contributed by atoms with Crippen molar-refractivity contribution >= 4 is 46.6 Å². The second kappa shape index (κ2) is 8.75. The maximum absolute atomic E-state index is 12.8. The van der Waals surface area contributed by atoms with Gasteiger partial charge in [0.1, 0.15) is 11.5 Å². The van der Waals surface area contributed by atoms with Crippen LogP contribution in [0, 0.1) is 11.3 Å². The van der Waals surface area contributed by atoms with Crippen LogP contribution in [-0.4, -0.2) is 22.0 Å². The van der Waals surface area contributed by atoms with Crippen molar-refractivity contribution in [1.29, 1.82) is 5.26 Å². The van der Waals surface area contributed by atoms with Crippen molar-refractivity contribution < 1.29 is 23.9 Å². The van der Waals surface area contributed by atoms with E-state index in [1.54, 1.807) is 36.4 Å². The second-order valence-corrected chi connectivity index (χ2v) is 8.12. The molecule has 1 saturated heterocycles. The van der Waals surface area contributed by atoms with Gasteiger partial charge in [-0.25, -0.2) is 0 Å². The summed E-state index contributed by atoms with van der Waals surface area (Å²) in [6.07, 6.45) is 1.46. The zero-order chi connectivity index (χ0) is 22.8. The highest BCUT2D eigenvalue weighted by Crippen LogP contribution is 2.35. The van der Waals surface area contributed by atoms with E-state index in [1.165, 1.54) is 24.3 Å². The number of rotatable bonds is 5. The number of nitriles is 1. The van der Waals surface area contributed by atoms with Crippen LogP contribution in [0.15, 0.2) is 63.9 Å². The summed E-state index contributed by atoms with van der Waals surface area (Å²) < 4.78 is 5.72. The standard InChI is InChI=1S/C23H13ClN2O5S/c24-18-9-13(5-7-17(18)22(28)29)19-8-6-16(31-19)10-20-21(27)26(23(30)32-20)12-15-4-2-1-3-14(15)11-25/h1-10H,12H2,(H,28,29)/p-1/b20-10+. The minimum atomic E-state index is -1.38. The molecule has 0 spiro atoms. The van der Waals surface area contributed by atoms with Crippen molar-refractivity contribution in [2.75, 3.05) is 0 Å². The predicted molar refractivity (Wildman–Crippen MR) is 116 cm³/mol. The lowest BCUT2D eigenvalue weighted by molar-refractivity contribution is -0.255. The van der Waals surface area contributed by atoms with Gasteiger partial charge in [0.2, 0.25) is 0 Å². The Hall–Kier alpha value is -3.80. The normalized spacial score (nSPS) is 14.8. The molecular weight excluding hydrogens is 452 g/mol. The van der Waals surface area contributed by atoms with Crippen LogP contribution >= 0.6 is 23.4 Å². The molecule has 32 heavy (non-hydrogen) atoms. The molecule has 1 aromatic heterocycles. The van der Waals surface area contributed by atoms with Gasteiger partial charge in [0, 0.05) is 17.2 Å². The molecule has 0 saturated carbocycles. The molecule has 9 heteroatoms. The number of carboxylic acid groups (broad SMARTS) is 1. The number of carbonyl (C=O) groups is 3. The van der Waals surface area contributed by atoms with E-state index in [9.17, 15) is 24.8 Å². The smallest absolute Gasteiger partial charge is 0.293 e. The molecule has 0 unspecified atom stereocenters. The van der Waals surface area contributed by atoms with E-state index in [1.807, 2.05) is 0 Å². The first-order valence-corrected chi connectivity index (χ1v) is 10.4. The lowest BCUT2D eigenvalue weighted by atomic mass is 10.1. The molecule has 2 amide bonds. The number of imide groups is 1. The summed E-state index contributed by atoms with van der Waals surface area (Å²) in [5.74, 6) is -1.12. The maximum Gasteiger partial charge on any atom is 0.293 e. The fourth-order valence-corrected chi connectivity index (χ4v) is 4.20. The average Bonchev–Trinajstić information content (AvgIpc) is 3.34. The van der Waals surface area contributed by atoms with Crippen molar-refractivity contribution in [2.45, 2.75) is 6.54 Å². The molecule has 3 aromatic rings. The first-order valence-electron chi connectivity index (χ1n) is 9.22. The van der Waals surface area contributed by atoms with Crippen LogP contribution in [0.25, 0.3) is 17.4 Å². The Morgan fingerprint density at radius 1 is 1.19 bits per heavy atom. The summed E-state index contributed by atoms with van der Waals surface area (Å²) in [6, 6.07) is 16.4. The Bertz CT molecular complexity index is 1340. The van der Waals surface area contributed by atoms with Crippen LogP contribution in [0.3, 0.4) is 0 Å². The van der Waals surface area contributed by atoms with Crippen LogP contribution in [0.4, 0.5) is 4.79 Å². The van der Waals surface area contributed by atoms with Gasteiger partial charge in [0.05, 0.1) is 34.1 Å². The lowest BCUT2D eigenvalue weighted by Crippen LogP contribution is -2.27. The molecule has 1 fully saturated rings. The van der Waals surface area contributed by atoms with E-state index >= 15 is 0 Å². The number of amides is 2. The maximum atomic E-state index is 12.8. The van der Waals surface area contributed by atoms with Gasteiger partial charge in [-0.2, -0.15) is 5.26 Å². The number of carboxylic acids is 1. The van der Waals surface area contributed by atoms with Crippen molar-refractivity contribution in [3.63, 3.8) is 0 Å². The summed E-state index contributed by atoms with van der Waals surface area (Å²) >= 11 is 6.76. The highest BCUT2D eigenvalue weighted by molar-refractivity contribution is 8.18. The number of halogens is 1. The predicted octanol–water partition coefficient (Wildman–Crippen LogP) is 4.07. The Balaban J connectivity index is 1.55. The number of thioether (sulfide) groups is 1. The molecular formula is C23H12ClN2O5S-. The molecule has 0 atom stereocenters. The van der Waals surface area contributed by atoms with E-state index in [2.05, 4.69) is 6.07 Å². The topological polar surface area (TPSA) is 114 Å². The third kappa shape index (κ3) is 4.17. The Morgan fingerprint density at radius 2 is 1.97 bits per heavy atom. The van der Waals surface area contributed by atoms with E-state index in [0.717, 1.165) is 16.7 Å². The molecule has 7 nitrogen and oxygen atoms in total. The third-order valence-electron chi connectivity index (χ3n) is 4.71. The van der Waals surface area contributed by atoms with Crippen LogP contribution in [0.2, 0.25) is 5.02 Å². The van der Waals surface area contributed by atoms with Crippen LogP contribution in [0.5, 0.6) is 0 Å². The van der Waals surface area contributed by atoms with Gasteiger partial charge in [-0.05, 0) is 41.6 Å². The monoisotopic (exact) mass is 463 g/mol. The van der Waals surface area contributed by atoms with Crippen molar-refractivity contribution in [3.8, 4) is 17.4 Å². The van der Waals surface area contributed by atoms with E-state index < -0.39 is 17.1 Å². The average molecular weight is 464 g/mol. The Labute approximate surface area is 191 Å². The van der Waals surface area contributed by atoms with Gasteiger partial charge >= 0.3 is 0 Å². The molecule has 0 aliphatic carbocycles. The van der Waals surface area contributed by atoms with Crippen molar-refractivity contribution in [2.24, 2.45) is 0 Å². The molecule has 0 radical (unpaired) electrons. The van der Waals surface area contributed by atoms with Crippen LogP contribution in [0.1, 0.15) is 27.2 Å². The van der Waals surface area contributed by atoms with E-state index in [4.69, 9.17) is 16.0 Å². The largest absolute Gasteiger partial charge is 0.545 e. The quantitative estimate of drug-likeness (QED) is 0.524. The van der Waals surface area contributed by atoms with Crippen molar-refractivity contribution in [3.05, 3.63) is 87.0 Å². The lowest BCUT2D eigenvalue weighted by Gasteiger charge is -2.13. The molecule has 4 rings (SSSR count). The summed E-state index contributed by atoms with van der Waals surface area (Å²) in [7, 11) is 0. The minimum Gasteiger partial charge on any atom is -0.545 e. The Kier molecular flexibility index (Phi) is 5.86. The van der Waals surface area contributed by atoms with E-state index in [0.29, 0.717) is 28.2 Å². The van der Waals surface area contributed by atoms with Gasteiger partial charge in [0.15, 0.2) is 0 Å². The van der Waals surface area contributed by atoms with Gasteiger partial charge in [-0.1, -0.05) is 41.9 Å².